The van der Waals surface area contributed by atoms with Crippen LogP contribution in [0.5, 0.6) is 11.6 Å². The first-order valence-electron chi connectivity index (χ1n) is 5.14. The molecule has 1 heterocycles. The van der Waals surface area contributed by atoms with Gasteiger partial charge < -0.3 is 4.74 Å². The Morgan fingerprint density at radius 1 is 1.29 bits per heavy atom. The molecule has 0 spiro atoms. The third kappa shape index (κ3) is 3.54. The van der Waals surface area contributed by atoms with E-state index in [1.54, 1.807) is 6.07 Å². The standard InChI is InChI=1S/C12H10ClIN2O/c1-2-11-15-10(13)7-12(16-11)17-9-5-3-4-8(14)6-9/h3-7H,2H2,1H3. The van der Waals surface area contributed by atoms with Gasteiger partial charge in [-0.2, -0.15) is 4.98 Å². The first-order valence-corrected chi connectivity index (χ1v) is 6.60. The van der Waals surface area contributed by atoms with Gasteiger partial charge in [0.15, 0.2) is 0 Å². The van der Waals surface area contributed by atoms with Crippen LogP contribution in [0, 0.1) is 3.57 Å². The lowest BCUT2D eigenvalue weighted by molar-refractivity contribution is 0.458. The maximum Gasteiger partial charge on any atom is 0.224 e. The maximum absolute atomic E-state index is 5.89. The molecule has 0 atom stereocenters. The Morgan fingerprint density at radius 3 is 2.82 bits per heavy atom. The van der Waals surface area contributed by atoms with E-state index in [1.165, 1.54) is 0 Å². The molecule has 0 aliphatic heterocycles. The van der Waals surface area contributed by atoms with Crippen molar-refractivity contribution in [3.05, 3.63) is 44.9 Å². The molecule has 0 N–H and O–H groups in total. The van der Waals surface area contributed by atoms with Crippen molar-refractivity contribution < 1.29 is 4.74 Å². The second-order valence-electron chi connectivity index (χ2n) is 3.36. The number of hydrogen-bond donors (Lipinski definition) is 0. The second-order valence-corrected chi connectivity index (χ2v) is 4.99. The van der Waals surface area contributed by atoms with Crippen molar-refractivity contribution in [2.24, 2.45) is 0 Å². The monoisotopic (exact) mass is 360 g/mol. The van der Waals surface area contributed by atoms with Crippen molar-refractivity contribution in [3.63, 3.8) is 0 Å². The molecule has 0 aliphatic carbocycles. The molecule has 0 radical (unpaired) electrons. The Morgan fingerprint density at radius 2 is 2.12 bits per heavy atom. The summed E-state index contributed by atoms with van der Waals surface area (Å²) in [5.74, 6) is 1.90. The lowest BCUT2D eigenvalue weighted by Gasteiger charge is -2.06. The summed E-state index contributed by atoms with van der Waals surface area (Å²) < 4.78 is 6.75. The Labute approximate surface area is 118 Å². The molecule has 2 aromatic rings. The van der Waals surface area contributed by atoms with Crippen LogP contribution in [-0.4, -0.2) is 9.97 Å². The van der Waals surface area contributed by atoms with Crippen LogP contribution in [0.25, 0.3) is 0 Å². The van der Waals surface area contributed by atoms with Crippen molar-refractivity contribution in [3.8, 4) is 11.6 Å². The van der Waals surface area contributed by atoms with E-state index >= 15 is 0 Å². The minimum Gasteiger partial charge on any atom is -0.439 e. The van der Waals surface area contributed by atoms with Crippen molar-refractivity contribution in [1.82, 2.24) is 9.97 Å². The largest absolute Gasteiger partial charge is 0.439 e. The average molecular weight is 361 g/mol. The van der Waals surface area contributed by atoms with Gasteiger partial charge in [-0.1, -0.05) is 24.6 Å². The average Bonchev–Trinajstić information content (AvgIpc) is 2.28. The fourth-order valence-electron chi connectivity index (χ4n) is 1.30. The first-order chi connectivity index (χ1) is 8.17. The maximum atomic E-state index is 5.89. The molecular formula is C12H10ClIN2O. The summed E-state index contributed by atoms with van der Waals surface area (Å²) in [6.07, 6.45) is 0.725. The SMILES string of the molecule is CCc1nc(Cl)cc(Oc2cccc(I)c2)n1. The smallest absolute Gasteiger partial charge is 0.224 e. The number of rotatable bonds is 3. The molecular weight excluding hydrogens is 351 g/mol. The molecule has 3 nitrogen and oxygen atoms in total. The molecule has 17 heavy (non-hydrogen) atoms. The van der Waals surface area contributed by atoms with Gasteiger partial charge in [-0.05, 0) is 40.8 Å². The van der Waals surface area contributed by atoms with Crippen LogP contribution in [0.3, 0.4) is 0 Å². The highest BCUT2D eigenvalue weighted by molar-refractivity contribution is 14.1. The third-order valence-electron chi connectivity index (χ3n) is 2.05. The van der Waals surface area contributed by atoms with Gasteiger partial charge in [-0.15, -0.1) is 0 Å². The fraction of sp³-hybridized carbons (Fsp3) is 0.167. The summed E-state index contributed by atoms with van der Waals surface area (Å²) >= 11 is 8.12. The molecule has 1 aromatic heterocycles. The summed E-state index contributed by atoms with van der Waals surface area (Å²) in [4.78, 5) is 8.34. The van der Waals surface area contributed by atoms with Crippen molar-refractivity contribution >= 4 is 34.2 Å². The fourth-order valence-corrected chi connectivity index (χ4v) is 2.01. The van der Waals surface area contributed by atoms with Gasteiger partial charge >= 0.3 is 0 Å². The van der Waals surface area contributed by atoms with E-state index in [-0.39, 0.29) is 0 Å². The number of benzene rings is 1. The zero-order valence-corrected chi connectivity index (χ0v) is 12.1. The molecule has 0 aliphatic rings. The minimum absolute atomic E-state index is 0.400. The predicted octanol–water partition coefficient (Wildman–Crippen LogP) is 4.09. The molecule has 0 bridgehead atoms. The van der Waals surface area contributed by atoms with E-state index < -0.39 is 0 Å². The molecule has 88 valence electrons. The summed E-state index contributed by atoms with van der Waals surface area (Å²) in [5.41, 5.74) is 0. The van der Waals surface area contributed by atoms with E-state index in [4.69, 9.17) is 16.3 Å². The Hall–Kier alpha value is -0.880. The minimum atomic E-state index is 0.400. The van der Waals surface area contributed by atoms with E-state index in [1.807, 2.05) is 31.2 Å². The molecule has 0 saturated carbocycles. The quantitative estimate of drug-likeness (QED) is 0.611. The van der Waals surface area contributed by atoms with Gasteiger partial charge in [0.25, 0.3) is 0 Å². The van der Waals surface area contributed by atoms with E-state index in [9.17, 15) is 0 Å². The van der Waals surface area contributed by atoms with Gasteiger partial charge in [0.1, 0.15) is 16.7 Å². The third-order valence-corrected chi connectivity index (χ3v) is 2.92. The zero-order chi connectivity index (χ0) is 12.3. The zero-order valence-electron chi connectivity index (χ0n) is 9.15. The molecule has 0 amide bonds. The molecule has 2 rings (SSSR count). The summed E-state index contributed by atoms with van der Waals surface area (Å²) in [6, 6.07) is 9.35. The van der Waals surface area contributed by atoms with E-state index in [0.29, 0.717) is 16.9 Å². The predicted molar refractivity (Wildman–Crippen MR) is 75.7 cm³/mol. The Kier molecular flexibility index (Phi) is 4.17. The number of aromatic nitrogens is 2. The van der Waals surface area contributed by atoms with E-state index in [2.05, 4.69) is 32.6 Å². The molecule has 0 saturated heterocycles. The summed E-state index contributed by atoms with van der Waals surface area (Å²) in [5, 5.41) is 0.400. The van der Waals surface area contributed by atoms with Crippen LogP contribution in [-0.2, 0) is 6.42 Å². The van der Waals surface area contributed by atoms with Gasteiger partial charge in [0.2, 0.25) is 5.88 Å². The highest BCUT2D eigenvalue weighted by Crippen LogP contribution is 2.23. The molecule has 5 heteroatoms. The Balaban J connectivity index is 2.26. The van der Waals surface area contributed by atoms with Crippen LogP contribution >= 0.6 is 34.2 Å². The number of ether oxygens (including phenoxy) is 1. The van der Waals surface area contributed by atoms with Gasteiger partial charge in [0.05, 0.1) is 0 Å². The number of aryl methyl sites for hydroxylation is 1. The van der Waals surface area contributed by atoms with Gasteiger partial charge in [0, 0.05) is 16.1 Å². The molecule has 0 unspecified atom stereocenters. The van der Waals surface area contributed by atoms with Crippen molar-refractivity contribution in [2.45, 2.75) is 13.3 Å². The van der Waals surface area contributed by atoms with E-state index in [0.717, 1.165) is 15.7 Å². The van der Waals surface area contributed by atoms with Crippen molar-refractivity contribution in [2.75, 3.05) is 0 Å². The summed E-state index contributed by atoms with van der Waals surface area (Å²) in [7, 11) is 0. The van der Waals surface area contributed by atoms with Gasteiger partial charge in [-0.3, -0.25) is 0 Å². The van der Waals surface area contributed by atoms with Crippen LogP contribution in [0.1, 0.15) is 12.7 Å². The number of nitrogens with zero attached hydrogens (tertiary/aromatic N) is 2. The highest BCUT2D eigenvalue weighted by Gasteiger charge is 2.04. The number of halogens is 2. The topological polar surface area (TPSA) is 35.0 Å². The van der Waals surface area contributed by atoms with Crippen LogP contribution in [0.2, 0.25) is 5.15 Å². The highest BCUT2D eigenvalue weighted by atomic mass is 127. The second kappa shape index (κ2) is 5.64. The molecule has 1 aromatic carbocycles. The Bertz CT molecular complexity index is 534. The molecule has 0 fully saturated rings. The van der Waals surface area contributed by atoms with Crippen LogP contribution in [0.4, 0.5) is 0 Å². The lowest BCUT2D eigenvalue weighted by Crippen LogP contribution is -1.96. The van der Waals surface area contributed by atoms with Crippen LogP contribution < -0.4 is 4.74 Å². The summed E-state index contributed by atoms with van der Waals surface area (Å²) in [6.45, 7) is 1.97. The lowest BCUT2D eigenvalue weighted by atomic mass is 10.3. The number of hydrogen-bond acceptors (Lipinski definition) is 3. The van der Waals surface area contributed by atoms with Gasteiger partial charge in [-0.25, -0.2) is 4.98 Å². The first kappa shape index (κ1) is 12.6. The normalized spacial score (nSPS) is 10.3. The van der Waals surface area contributed by atoms with Crippen molar-refractivity contribution in [1.29, 1.82) is 0 Å². The van der Waals surface area contributed by atoms with Crippen LogP contribution in [0.15, 0.2) is 30.3 Å².